The number of benzene rings is 2. The second-order valence-electron chi connectivity index (χ2n) is 5.86. The Hall–Kier alpha value is -2.33. The number of fused-ring (bicyclic) bond motifs is 2. The Morgan fingerprint density at radius 3 is 2.44 bits per heavy atom. The van der Waals surface area contributed by atoms with Crippen LogP contribution in [-0.4, -0.2) is 20.7 Å². The van der Waals surface area contributed by atoms with E-state index >= 15 is 0 Å². The molecular weight excluding hydrogens is 535 g/mol. The van der Waals surface area contributed by atoms with Gasteiger partial charge in [0.2, 0.25) is 0 Å². The van der Waals surface area contributed by atoms with E-state index in [0.29, 0.717) is 0 Å². The van der Waals surface area contributed by atoms with Crippen LogP contribution in [0.25, 0.3) is 31.4 Å². The van der Waals surface area contributed by atoms with E-state index in [0.717, 1.165) is 16.0 Å². The van der Waals surface area contributed by atoms with E-state index in [2.05, 4.69) is 53.5 Å². The predicted octanol–water partition coefficient (Wildman–Crippen LogP) is 5.93. The summed E-state index contributed by atoms with van der Waals surface area (Å²) in [6.07, 6.45) is 3.15. The summed E-state index contributed by atoms with van der Waals surface area (Å²) in [5.41, 5.74) is 1.03. The molecule has 3 nitrogen and oxygen atoms in total. The van der Waals surface area contributed by atoms with Gasteiger partial charge in [0, 0.05) is 32.0 Å². The van der Waals surface area contributed by atoms with Gasteiger partial charge >= 0.3 is 5.78 Å². The number of ketones is 1. The number of nitrogens with zero attached hydrogens (tertiary/aromatic N) is 1. The van der Waals surface area contributed by atoms with Crippen molar-refractivity contribution in [3.8, 4) is 10.6 Å². The maximum atomic E-state index is 8.40. The summed E-state index contributed by atoms with van der Waals surface area (Å²) in [4.78, 5) is 14.1. The largest absolute Gasteiger partial charge is 0.512 e. The van der Waals surface area contributed by atoms with Crippen LogP contribution in [-0.2, 0) is 20.1 Å². The fraction of sp³-hybridized carbons (Fsp3) is 0.0909. The van der Waals surface area contributed by atoms with Crippen molar-refractivity contribution in [3.63, 3.8) is 0 Å². The van der Waals surface area contributed by atoms with Crippen LogP contribution in [0.1, 0.15) is 13.8 Å². The molecule has 27 heavy (non-hydrogen) atoms. The van der Waals surface area contributed by atoms with E-state index in [9.17, 15) is 0 Å². The van der Waals surface area contributed by atoms with Gasteiger partial charge in [-0.25, -0.2) is 11.3 Å². The van der Waals surface area contributed by atoms with Crippen molar-refractivity contribution in [2.45, 2.75) is 13.8 Å². The van der Waals surface area contributed by atoms with E-state index in [-0.39, 0.29) is 31.6 Å². The van der Waals surface area contributed by atoms with Crippen molar-refractivity contribution in [1.82, 2.24) is 4.98 Å². The van der Waals surface area contributed by atoms with Crippen LogP contribution in [0.2, 0.25) is 0 Å². The molecule has 2 N–H and O–H groups in total. The summed E-state index contributed by atoms with van der Waals surface area (Å²) in [7, 11) is 0. The molecule has 1 radical (unpaired) electrons. The minimum Gasteiger partial charge on any atom is -0.512 e. The van der Waals surface area contributed by atoms with E-state index in [1.807, 2.05) is 18.3 Å². The van der Waals surface area contributed by atoms with Gasteiger partial charge in [-0.3, -0.25) is 4.79 Å². The van der Waals surface area contributed by atoms with Crippen LogP contribution < -0.4 is 0 Å². The molecule has 0 saturated carbocycles. The molecule has 0 fully saturated rings. The molecule has 0 aliphatic rings. The number of hydrogen-bond acceptors (Lipinski definition) is 3. The summed E-state index contributed by atoms with van der Waals surface area (Å²) in [6.45, 7) is 3.00. The van der Waals surface area contributed by atoms with E-state index < -0.39 is 0 Å². The number of carbonyl (C=O) groups excluding carboxylic acids is 1. The first-order valence-corrected chi connectivity index (χ1v) is 9.01. The maximum absolute atomic E-state index is 8.40. The van der Waals surface area contributed by atoms with Gasteiger partial charge in [-0.05, 0) is 33.3 Å². The van der Waals surface area contributed by atoms with Gasteiger partial charge in [0.05, 0.1) is 18.8 Å². The summed E-state index contributed by atoms with van der Waals surface area (Å²) >= 11 is 1.75. The number of pyridine rings is 1. The Morgan fingerprint density at radius 1 is 1.07 bits per heavy atom. The van der Waals surface area contributed by atoms with Gasteiger partial charge in [0.1, 0.15) is 0 Å². The van der Waals surface area contributed by atoms with Gasteiger partial charge in [-0.2, -0.15) is 0 Å². The Kier molecular flexibility index (Phi) is 7.43. The first kappa shape index (κ1) is 21.0. The first-order valence-electron chi connectivity index (χ1n) is 8.19. The first-order chi connectivity index (χ1) is 12.5. The minimum atomic E-state index is 0. The fourth-order valence-corrected chi connectivity index (χ4v) is 3.64. The summed E-state index contributed by atoms with van der Waals surface area (Å²) in [5, 5.41) is 12.0. The smallest absolute Gasteiger partial charge is 0.316 e. The number of aliphatic hydroxyl groups is 1. The molecule has 2 heterocycles. The Morgan fingerprint density at radius 2 is 1.78 bits per heavy atom. The van der Waals surface area contributed by atoms with Crippen LogP contribution in [0.5, 0.6) is 0 Å². The standard InChI is InChI=1S/C17H10NS.C5H8O2.Ir/c1-3-7-14-12(5-1)9-10-18-17(14)16-11-13-6-2-4-8-15(13)19-16;1-4(6)3-5(2)7;/h1-10H;3,6H,1-2H3;/q-1;;/p+1/b;4-3-;. The van der Waals surface area contributed by atoms with Gasteiger partial charge < -0.3 is 10.1 Å². The van der Waals surface area contributed by atoms with Crippen LogP contribution in [0.4, 0.5) is 0 Å². The Bertz CT molecular complexity index is 1060. The van der Waals surface area contributed by atoms with E-state index in [1.165, 1.54) is 35.4 Å². The van der Waals surface area contributed by atoms with Crippen molar-refractivity contribution >= 4 is 38.0 Å². The fourth-order valence-electron chi connectivity index (χ4n) is 2.63. The van der Waals surface area contributed by atoms with Crippen LogP contribution >= 0.6 is 11.3 Å². The Balaban J connectivity index is 0.000000285. The van der Waals surface area contributed by atoms with Crippen LogP contribution in [0.15, 0.2) is 72.6 Å². The number of aromatic nitrogens is 1. The number of allylic oxidation sites excluding steroid dienone is 2. The summed E-state index contributed by atoms with van der Waals surface area (Å²) in [6, 6.07) is 22.2. The quantitative estimate of drug-likeness (QED) is 0.145. The number of hydrogen-bond donors (Lipinski definition) is 1. The number of thiophene rings is 1. The molecule has 2 aromatic carbocycles. The second kappa shape index (κ2) is 9.56. The molecule has 0 unspecified atom stereocenters. The third-order valence-electron chi connectivity index (χ3n) is 3.65. The SMILES string of the molecule is CC(=[OH+])/C=C(/C)O.[Ir].[c-]1c(-c2nccc3ccccc23)sc2ccccc12. The molecule has 139 valence electrons. The van der Waals surface area contributed by atoms with Gasteiger partial charge in [0.25, 0.3) is 0 Å². The zero-order valence-electron chi connectivity index (χ0n) is 14.9. The molecular formula is C22H19IrNO2S. The van der Waals surface area contributed by atoms with Crippen LogP contribution in [0, 0.1) is 6.07 Å². The molecule has 5 heteroatoms. The normalized spacial score (nSPS) is 10.8. The number of rotatable bonds is 2. The van der Waals surface area contributed by atoms with Gasteiger partial charge in [-0.1, -0.05) is 36.4 Å². The molecule has 0 bridgehead atoms. The molecule has 0 atom stereocenters. The monoisotopic (exact) mass is 554 g/mol. The van der Waals surface area contributed by atoms with Crippen molar-refractivity contribution in [3.05, 3.63) is 78.7 Å². The molecule has 4 aromatic rings. The third kappa shape index (κ3) is 5.33. The molecule has 0 aliphatic heterocycles. The average molecular weight is 554 g/mol. The Labute approximate surface area is 175 Å². The molecule has 0 aliphatic carbocycles. The van der Waals surface area contributed by atoms with E-state index in [4.69, 9.17) is 9.90 Å². The summed E-state index contributed by atoms with van der Waals surface area (Å²) < 4.78 is 1.26. The summed E-state index contributed by atoms with van der Waals surface area (Å²) in [5.74, 6) is 0.250. The zero-order valence-corrected chi connectivity index (χ0v) is 18.1. The minimum absolute atomic E-state index is 0. The topological polar surface area (TPSA) is 54.5 Å². The average Bonchev–Trinajstić information content (AvgIpc) is 3.04. The third-order valence-corrected chi connectivity index (χ3v) is 4.73. The van der Waals surface area contributed by atoms with Crippen molar-refractivity contribution in [1.29, 1.82) is 0 Å². The van der Waals surface area contributed by atoms with Crippen molar-refractivity contribution in [2.75, 3.05) is 0 Å². The van der Waals surface area contributed by atoms with Crippen molar-refractivity contribution < 1.29 is 30.0 Å². The second-order valence-corrected chi connectivity index (χ2v) is 6.91. The van der Waals surface area contributed by atoms with Gasteiger partial charge in [0.15, 0.2) is 0 Å². The van der Waals surface area contributed by atoms with Gasteiger partial charge in [-0.15, -0.1) is 23.6 Å². The zero-order chi connectivity index (χ0) is 18.5. The molecule has 0 saturated heterocycles. The van der Waals surface area contributed by atoms with Crippen LogP contribution in [0.3, 0.4) is 0 Å². The van der Waals surface area contributed by atoms with E-state index in [1.54, 1.807) is 11.3 Å². The number of aliphatic hydroxyl groups excluding tert-OH is 1. The molecule has 2 aromatic heterocycles. The predicted molar refractivity (Wildman–Crippen MR) is 110 cm³/mol. The molecule has 4 rings (SSSR count). The maximum Gasteiger partial charge on any atom is 0.316 e. The molecule has 0 spiro atoms. The molecule has 0 amide bonds. The van der Waals surface area contributed by atoms with Crippen molar-refractivity contribution in [2.24, 2.45) is 0 Å².